The standard InChI is InChI=1S/C56H77NO/c1-38-32-33-45(36-51(38)56(47-26-10-5-11-27-47)49-28-12-14-30-53(49)58-54-31-15-13-29-50(54)56)43-23-16-22-42(34-43)44-24-17-25-46(35-44)52-37-48(40-18-6-3-7-19-40)39(2)55(57-52)41-20-8-4-9-21-41/h6,14,17-18,25-26,30,33-34,36-42,44,46,48-50,53-54H,3-5,7-13,15-16,19-24,27-29,31-32,35H2,1-2H3/t38?,39?,40?,42?,44?,46?,48?,49?,50?,53?,54-,56?/m0/s1. The number of rotatable bonds is 7. The molecule has 1 saturated heterocycles. The smallest absolute Gasteiger partial charge is 0.0799 e. The van der Waals surface area contributed by atoms with Gasteiger partial charge in [0, 0.05) is 34.6 Å². The van der Waals surface area contributed by atoms with Crippen molar-refractivity contribution in [1.82, 2.24) is 0 Å². The largest absolute Gasteiger partial charge is 0.370 e. The van der Waals surface area contributed by atoms with Gasteiger partial charge in [0.1, 0.15) is 0 Å². The van der Waals surface area contributed by atoms with Crippen molar-refractivity contribution in [2.24, 2.45) is 69.6 Å². The molecule has 10 rings (SSSR count). The summed E-state index contributed by atoms with van der Waals surface area (Å²) < 4.78 is 7.13. The minimum absolute atomic E-state index is 0.168. The summed E-state index contributed by atoms with van der Waals surface area (Å²) in [4.78, 5) is 5.74. The highest BCUT2D eigenvalue weighted by Crippen LogP contribution is 2.64. The molecule has 0 radical (unpaired) electrons. The lowest BCUT2D eigenvalue weighted by atomic mass is 9.47. The third-order valence-corrected chi connectivity index (χ3v) is 18.0. The van der Waals surface area contributed by atoms with E-state index in [2.05, 4.69) is 80.7 Å². The second-order valence-corrected chi connectivity index (χ2v) is 21.2. The first-order valence-corrected chi connectivity index (χ1v) is 25.4. The molecule has 0 N–H and O–H groups in total. The maximum absolute atomic E-state index is 7.13. The highest BCUT2D eigenvalue weighted by atomic mass is 16.5. The third-order valence-electron chi connectivity index (χ3n) is 18.0. The fraction of sp³-hybridized carbons (Fsp3) is 0.696. The number of aliphatic imine (C=N–C) groups is 1. The van der Waals surface area contributed by atoms with Crippen LogP contribution in [-0.2, 0) is 4.74 Å². The molecular weight excluding hydrogens is 703 g/mol. The average Bonchev–Trinajstić information content (AvgIpc) is 3.29. The lowest BCUT2D eigenvalue weighted by Crippen LogP contribution is -2.59. The molecule has 0 aromatic heterocycles. The summed E-state index contributed by atoms with van der Waals surface area (Å²) in [7, 11) is 0. The van der Waals surface area contributed by atoms with Crippen LogP contribution >= 0.6 is 0 Å². The van der Waals surface area contributed by atoms with E-state index in [1.807, 2.05) is 11.1 Å². The van der Waals surface area contributed by atoms with E-state index >= 15 is 0 Å². The highest BCUT2D eigenvalue weighted by Gasteiger charge is 2.60. The third kappa shape index (κ3) is 7.49. The van der Waals surface area contributed by atoms with E-state index < -0.39 is 0 Å². The van der Waals surface area contributed by atoms with Crippen LogP contribution in [0, 0.1) is 64.6 Å². The van der Waals surface area contributed by atoms with Crippen LogP contribution in [0.5, 0.6) is 0 Å². The number of allylic oxidation sites excluding steroid dienone is 14. The maximum atomic E-state index is 7.13. The Hall–Kier alpha value is -2.45. The van der Waals surface area contributed by atoms with Crippen molar-refractivity contribution in [2.75, 3.05) is 0 Å². The van der Waals surface area contributed by atoms with Gasteiger partial charge >= 0.3 is 0 Å². The van der Waals surface area contributed by atoms with Gasteiger partial charge in [-0.2, -0.15) is 0 Å². The SMILES string of the molecule is CC1CC=C(C2=CC(C3CC=CC(C4=CC(C5C=CCCC5)C(C)C(C5CCCCC5)=N4)C3)CCC2)C=C1C1(C2=CCCCC2)C2CCC=CC2O[C@H]2CCCCC21. The van der Waals surface area contributed by atoms with Crippen LogP contribution in [0.1, 0.15) is 168 Å². The molecule has 2 heterocycles. The van der Waals surface area contributed by atoms with Gasteiger partial charge in [-0.15, -0.1) is 0 Å². The van der Waals surface area contributed by atoms with Crippen molar-refractivity contribution in [2.45, 2.75) is 180 Å². The zero-order chi connectivity index (χ0) is 39.1. The van der Waals surface area contributed by atoms with Gasteiger partial charge in [0.25, 0.3) is 0 Å². The van der Waals surface area contributed by atoms with Gasteiger partial charge in [0.15, 0.2) is 0 Å². The van der Waals surface area contributed by atoms with Gasteiger partial charge in [0.2, 0.25) is 0 Å². The molecule has 0 aromatic rings. The van der Waals surface area contributed by atoms with E-state index in [-0.39, 0.29) is 11.5 Å². The fourth-order valence-corrected chi connectivity index (χ4v) is 15.1. The molecule has 2 aliphatic heterocycles. The van der Waals surface area contributed by atoms with Crippen molar-refractivity contribution in [3.8, 4) is 0 Å². The molecule has 8 aliphatic carbocycles. The van der Waals surface area contributed by atoms with Gasteiger partial charge in [0.05, 0.1) is 12.2 Å². The second kappa shape index (κ2) is 17.5. The lowest BCUT2D eigenvalue weighted by Gasteiger charge is -2.61. The van der Waals surface area contributed by atoms with Gasteiger partial charge < -0.3 is 4.74 Å². The van der Waals surface area contributed by atoms with E-state index in [4.69, 9.17) is 9.73 Å². The molecule has 2 saturated carbocycles. The van der Waals surface area contributed by atoms with Crippen molar-refractivity contribution < 1.29 is 4.74 Å². The highest BCUT2D eigenvalue weighted by molar-refractivity contribution is 5.91. The molecule has 0 spiro atoms. The summed E-state index contributed by atoms with van der Waals surface area (Å²) in [5.41, 5.74) is 10.1. The summed E-state index contributed by atoms with van der Waals surface area (Å²) in [5.74, 6) is 6.26. The molecule has 12 atom stereocenters. The van der Waals surface area contributed by atoms with Crippen molar-refractivity contribution in [1.29, 1.82) is 0 Å². The number of hydrogen-bond donors (Lipinski definition) is 0. The Kier molecular flexibility index (Phi) is 12.0. The number of fused-ring (bicyclic) bond motifs is 2. The number of nitrogens with zero attached hydrogens (tertiary/aromatic N) is 1. The fourth-order valence-electron chi connectivity index (χ4n) is 15.1. The van der Waals surface area contributed by atoms with Crippen LogP contribution in [0.2, 0.25) is 0 Å². The van der Waals surface area contributed by atoms with Gasteiger partial charge in [-0.3, -0.25) is 4.99 Å². The van der Waals surface area contributed by atoms with Crippen LogP contribution in [0.4, 0.5) is 0 Å². The van der Waals surface area contributed by atoms with Crippen molar-refractivity contribution in [3.63, 3.8) is 0 Å². The van der Waals surface area contributed by atoms with Gasteiger partial charge in [-0.05, 0) is 175 Å². The first kappa shape index (κ1) is 39.7. The first-order chi connectivity index (χ1) is 28.6. The normalized spacial score (nSPS) is 42.2. The Labute approximate surface area is 353 Å². The van der Waals surface area contributed by atoms with E-state index in [1.165, 1.54) is 160 Å². The molecule has 3 fully saturated rings. The minimum atomic E-state index is 0.168. The minimum Gasteiger partial charge on any atom is -0.370 e. The molecule has 0 bridgehead atoms. The average molecular weight is 780 g/mol. The molecule has 2 nitrogen and oxygen atoms in total. The zero-order valence-electron chi connectivity index (χ0n) is 36.6. The predicted octanol–water partition coefficient (Wildman–Crippen LogP) is 15.1. The zero-order valence-corrected chi connectivity index (χ0v) is 36.6. The van der Waals surface area contributed by atoms with Crippen LogP contribution in [0.25, 0.3) is 0 Å². The summed E-state index contributed by atoms with van der Waals surface area (Å²) >= 11 is 0. The molecular formula is C56H77NO. The lowest BCUT2D eigenvalue weighted by molar-refractivity contribution is -0.166. The molecule has 58 heavy (non-hydrogen) atoms. The Morgan fingerprint density at radius 2 is 1.53 bits per heavy atom. The summed E-state index contributed by atoms with van der Waals surface area (Å²) in [6.45, 7) is 5.13. The summed E-state index contributed by atoms with van der Waals surface area (Å²) in [6, 6.07) is 0. The quantitative estimate of drug-likeness (QED) is 0.236. The van der Waals surface area contributed by atoms with Gasteiger partial charge in [-0.25, -0.2) is 0 Å². The Morgan fingerprint density at radius 1 is 0.672 bits per heavy atom. The number of ether oxygens (including phenoxy) is 1. The summed E-state index contributed by atoms with van der Waals surface area (Å²) in [5, 5.41) is 0. The molecule has 312 valence electrons. The molecule has 10 aliphatic rings. The van der Waals surface area contributed by atoms with Crippen LogP contribution in [-0.4, -0.2) is 17.9 Å². The first-order valence-electron chi connectivity index (χ1n) is 25.4. The van der Waals surface area contributed by atoms with E-state index in [1.54, 1.807) is 16.9 Å². The molecule has 11 unspecified atom stereocenters. The second-order valence-electron chi connectivity index (χ2n) is 21.2. The molecule has 0 aromatic carbocycles. The summed E-state index contributed by atoms with van der Waals surface area (Å²) in [6.07, 6.45) is 61.4. The van der Waals surface area contributed by atoms with Crippen LogP contribution in [0.15, 0.2) is 99.8 Å². The van der Waals surface area contributed by atoms with E-state index in [9.17, 15) is 0 Å². The monoisotopic (exact) mass is 780 g/mol. The topological polar surface area (TPSA) is 21.6 Å². The van der Waals surface area contributed by atoms with Crippen LogP contribution < -0.4 is 0 Å². The van der Waals surface area contributed by atoms with E-state index in [0.717, 1.165) is 0 Å². The predicted molar refractivity (Wildman–Crippen MR) is 243 cm³/mol. The van der Waals surface area contributed by atoms with Gasteiger partial charge in [-0.1, -0.05) is 124 Å². The Bertz CT molecular complexity index is 1790. The van der Waals surface area contributed by atoms with E-state index in [0.29, 0.717) is 65.3 Å². The van der Waals surface area contributed by atoms with Crippen molar-refractivity contribution in [3.05, 3.63) is 94.8 Å². The molecule has 0 amide bonds. The Balaban J connectivity index is 0.950. The van der Waals surface area contributed by atoms with Crippen LogP contribution in [0.3, 0.4) is 0 Å². The Morgan fingerprint density at radius 3 is 2.40 bits per heavy atom. The number of hydrogen-bond acceptors (Lipinski definition) is 2. The maximum Gasteiger partial charge on any atom is 0.0799 e. The molecule has 2 heteroatoms. The van der Waals surface area contributed by atoms with Crippen molar-refractivity contribution >= 4 is 5.71 Å².